The van der Waals surface area contributed by atoms with Crippen LogP contribution in [0.2, 0.25) is 0 Å². The standard InChI is InChI=1S/C29H28F2N8/c30-22-6-5-19(12-23(22)31)24-13-20(16-39-18-37-27-25(39)7-10-35-28(27)32)26(15-36-24)38-11-3-8-29(33,17-38)14-21-4-1-2-9-34-21/h1-2,4-7,9-10,12-13,15,18H,3,8,11,14,16-17,33H2,(H2,32,35)/t29-/m0/s1. The summed E-state index contributed by atoms with van der Waals surface area (Å²) in [5, 5.41) is 0. The van der Waals surface area contributed by atoms with Crippen molar-refractivity contribution in [2.45, 2.75) is 31.3 Å². The molecule has 8 nitrogen and oxygen atoms in total. The van der Waals surface area contributed by atoms with Crippen LogP contribution < -0.4 is 16.4 Å². The molecular weight excluding hydrogens is 498 g/mol. The molecule has 1 atom stereocenters. The maximum Gasteiger partial charge on any atom is 0.159 e. The Kier molecular flexibility index (Phi) is 6.40. The number of hydrogen-bond acceptors (Lipinski definition) is 7. The minimum Gasteiger partial charge on any atom is -0.382 e. The number of piperidine rings is 1. The first kappa shape index (κ1) is 24.9. The van der Waals surface area contributed by atoms with E-state index < -0.39 is 17.2 Å². The normalized spacial score (nSPS) is 17.6. The number of nitrogens with zero attached hydrogens (tertiary/aromatic N) is 6. The highest BCUT2D eigenvalue weighted by Gasteiger charge is 2.33. The molecule has 39 heavy (non-hydrogen) atoms. The van der Waals surface area contributed by atoms with Gasteiger partial charge in [-0.15, -0.1) is 0 Å². The molecule has 0 aliphatic carbocycles. The second-order valence-electron chi connectivity index (χ2n) is 10.1. The van der Waals surface area contributed by atoms with Gasteiger partial charge in [0.05, 0.1) is 36.0 Å². The van der Waals surface area contributed by atoms with Crippen molar-refractivity contribution in [2.24, 2.45) is 5.73 Å². The average molecular weight is 527 g/mol. The molecule has 1 aliphatic heterocycles. The first-order valence-corrected chi connectivity index (χ1v) is 12.8. The Bertz CT molecular complexity index is 1640. The number of benzene rings is 1. The van der Waals surface area contributed by atoms with Gasteiger partial charge in [-0.2, -0.15) is 0 Å². The molecule has 1 aliphatic rings. The smallest absolute Gasteiger partial charge is 0.159 e. The summed E-state index contributed by atoms with van der Waals surface area (Å²) in [6, 6.07) is 13.5. The van der Waals surface area contributed by atoms with Crippen LogP contribution in [0, 0.1) is 11.6 Å². The van der Waals surface area contributed by atoms with E-state index in [1.54, 1.807) is 24.9 Å². The van der Waals surface area contributed by atoms with E-state index in [9.17, 15) is 8.78 Å². The van der Waals surface area contributed by atoms with Gasteiger partial charge in [-0.1, -0.05) is 6.07 Å². The van der Waals surface area contributed by atoms with E-state index in [0.29, 0.717) is 42.1 Å². The number of nitrogens with two attached hydrogens (primary N) is 2. The zero-order chi connectivity index (χ0) is 27.0. The Morgan fingerprint density at radius 1 is 0.949 bits per heavy atom. The van der Waals surface area contributed by atoms with Crippen LogP contribution in [0.25, 0.3) is 22.3 Å². The molecule has 1 saturated heterocycles. The number of anilines is 2. The summed E-state index contributed by atoms with van der Waals surface area (Å²) in [6.07, 6.45) is 9.44. The van der Waals surface area contributed by atoms with Crippen molar-refractivity contribution >= 4 is 22.5 Å². The van der Waals surface area contributed by atoms with Gasteiger partial charge in [-0.3, -0.25) is 9.97 Å². The zero-order valence-electron chi connectivity index (χ0n) is 21.3. The summed E-state index contributed by atoms with van der Waals surface area (Å²) in [7, 11) is 0. The molecular formula is C29H28F2N8. The summed E-state index contributed by atoms with van der Waals surface area (Å²) < 4.78 is 29.7. The van der Waals surface area contributed by atoms with E-state index in [4.69, 9.17) is 11.5 Å². The summed E-state index contributed by atoms with van der Waals surface area (Å²) in [5.41, 5.74) is 17.9. The number of halogens is 2. The van der Waals surface area contributed by atoms with E-state index in [2.05, 4.69) is 24.8 Å². The number of pyridine rings is 3. The molecule has 0 unspecified atom stereocenters. The first-order chi connectivity index (χ1) is 18.9. The highest BCUT2D eigenvalue weighted by atomic mass is 19.2. The molecule has 0 amide bonds. The molecule has 0 bridgehead atoms. The van der Waals surface area contributed by atoms with Crippen molar-refractivity contribution < 1.29 is 8.78 Å². The Hall–Kier alpha value is -4.44. The average Bonchev–Trinajstić information content (AvgIpc) is 3.34. The Balaban J connectivity index is 1.39. The third-order valence-electron chi connectivity index (χ3n) is 7.30. The highest BCUT2D eigenvalue weighted by molar-refractivity contribution is 5.84. The maximum atomic E-state index is 14.1. The molecule has 5 aromatic rings. The third-order valence-corrected chi connectivity index (χ3v) is 7.30. The summed E-state index contributed by atoms with van der Waals surface area (Å²) in [6.45, 7) is 1.91. The molecule has 0 saturated carbocycles. The van der Waals surface area contributed by atoms with Crippen molar-refractivity contribution in [3.8, 4) is 11.3 Å². The number of fused-ring (bicyclic) bond motifs is 1. The molecule has 0 spiro atoms. The zero-order valence-corrected chi connectivity index (χ0v) is 21.3. The van der Waals surface area contributed by atoms with Crippen LogP contribution in [0.15, 0.2) is 73.4 Å². The minimum absolute atomic E-state index is 0.363. The molecule has 0 radical (unpaired) electrons. The lowest BCUT2D eigenvalue weighted by Crippen LogP contribution is -2.56. The number of rotatable bonds is 6. The van der Waals surface area contributed by atoms with Crippen LogP contribution in [0.1, 0.15) is 24.1 Å². The summed E-state index contributed by atoms with van der Waals surface area (Å²) in [5.74, 6) is -1.45. The fraction of sp³-hybridized carbons (Fsp3) is 0.241. The fourth-order valence-electron chi connectivity index (χ4n) is 5.41. The van der Waals surface area contributed by atoms with Crippen LogP contribution in [0.4, 0.5) is 20.3 Å². The van der Waals surface area contributed by atoms with E-state index in [-0.39, 0.29) is 0 Å². The van der Waals surface area contributed by atoms with Gasteiger partial charge in [0.2, 0.25) is 0 Å². The molecule has 6 rings (SSSR count). The number of hydrogen-bond donors (Lipinski definition) is 2. The van der Waals surface area contributed by atoms with Gasteiger partial charge in [-0.05, 0) is 60.9 Å². The van der Waals surface area contributed by atoms with E-state index >= 15 is 0 Å². The van der Waals surface area contributed by atoms with Crippen LogP contribution in [-0.2, 0) is 13.0 Å². The van der Waals surface area contributed by atoms with Crippen molar-refractivity contribution in [3.63, 3.8) is 0 Å². The lowest BCUT2D eigenvalue weighted by molar-refractivity contribution is 0.339. The third kappa shape index (κ3) is 5.03. The van der Waals surface area contributed by atoms with Gasteiger partial charge in [0.1, 0.15) is 5.52 Å². The molecule has 4 aromatic heterocycles. The lowest BCUT2D eigenvalue weighted by atomic mass is 9.85. The number of imidazole rings is 1. The van der Waals surface area contributed by atoms with E-state index in [1.807, 2.05) is 34.9 Å². The van der Waals surface area contributed by atoms with Crippen LogP contribution in [0.3, 0.4) is 0 Å². The molecule has 5 heterocycles. The topological polar surface area (TPSA) is 112 Å². The minimum atomic E-state index is -0.915. The van der Waals surface area contributed by atoms with E-state index in [1.165, 1.54) is 12.1 Å². The van der Waals surface area contributed by atoms with Gasteiger partial charge in [0, 0.05) is 48.7 Å². The van der Waals surface area contributed by atoms with Gasteiger partial charge < -0.3 is 20.9 Å². The number of nitrogen functional groups attached to an aromatic ring is 1. The number of aromatic nitrogens is 5. The van der Waals surface area contributed by atoms with Crippen LogP contribution in [-0.4, -0.2) is 43.1 Å². The molecule has 4 N–H and O–H groups in total. The Labute approximate surface area is 224 Å². The Morgan fingerprint density at radius 2 is 1.85 bits per heavy atom. The van der Waals surface area contributed by atoms with E-state index in [0.717, 1.165) is 47.9 Å². The molecule has 1 aromatic carbocycles. The van der Waals surface area contributed by atoms with Crippen LogP contribution in [0.5, 0.6) is 0 Å². The van der Waals surface area contributed by atoms with Gasteiger partial charge in [0.15, 0.2) is 17.5 Å². The molecule has 10 heteroatoms. The summed E-state index contributed by atoms with van der Waals surface area (Å²) >= 11 is 0. The SMILES string of the molecule is Nc1nccc2c1ncn2Cc1cc(-c2ccc(F)c(F)c2)ncc1N1CCC[C@](N)(Cc2ccccn2)C1. The van der Waals surface area contributed by atoms with Crippen molar-refractivity contribution in [1.82, 2.24) is 24.5 Å². The van der Waals surface area contributed by atoms with Gasteiger partial charge in [-0.25, -0.2) is 18.7 Å². The largest absolute Gasteiger partial charge is 0.382 e. The molecule has 1 fully saturated rings. The molecule has 198 valence electrons. The predicted octanol–water partition coefficient (Wildman–Crippen LogP) is 4.34. The highest BCUT2D eigenvalue weighted by Crippen LogP contribution is 2.32. The monoisotopic (exact) mass is 526 g/mol. The second-order valence-corrected chi connectivity index (χ2v) is 10.1. The first-order valence-electron chi connectivity index (χ1n) is 12.8. The van der Waals surface area contributed by atoms with Gasteiger partial charge >= 0.3 is 0 Å². The van der Waals surface area contributed by atoms with Crippen molar-refractivity contribution in [3.05, 3.63) is 96.3 Å². The van der Waals surface area contributed by atoms with Gasteiger partial charge in [0.25, 0.3) is 0 Å². The predicted molar refractivity (Wildman–Crippen MR) is 147 cm³/mol. The second kappa shape index (κ2) is 10.0. The fourth-order valence-corrected chi connectivity index (χ4v) is 5.41. The van der Waals surface area contributed by atoms with Crippen molar-refractivity contribution in [2.75, 3.05) is 23.7 Å². The van der Waals surface area contributed by atoms with Crippen LogP contribution >= 0.6 is 0 Å². The quantitative estimate of drug-likeness (QED) is 0.339. The lowest BCUT2D eigenvalue weighted by Gasteiger charge is -2.42. The van der Waals surface area contributed by atoms with Crippen molar-refractivity contribution in [1.29, 1.82) is 0 Å². The maximum absolute atomic E-state index is 14.1. The summed E-state index contributed by atoms with van der Waals surface area (Å²) in [4.78, 5) is 20.0. The Morgan fingerprint density at radius 3 is 2.67 bits per heavy atom.